The predicted octanol–water partition coefficient (Wildman–Crippen LogP) is 1.55. The Kier molecular flexibility index (Phi) is 4.10. The summed E-state index contributed by atoms with van der Waals surface area (Å²) < 4.78 is 7.57. The fourth-order valence-electron chi connectivity index (χ4n) is 3.97. The van der Waals surface area contributed by atoms with Crippen molar-refractivity contribution in [3.63, 3.8) is 0 Å². The lowest BCUT2D eigenvalue weighted by atomic mass is 9.84. The van der Waals surface area contributed by atoms with Gasteiger partial charge in [-0.1, -0.05) is 12.8 Å². The maximum absolute atomic E-state index is 6.74. The molecule has 20 heavy (non-hydrogen) atoms. The van der Waals surface area contributed by atoms with Crippen LogP contribution < -0.4 is 5.73 Å². The molecule has 0 radical (unpaired) electrons. The number of nitrogens with two attached hydrogens (primary N) is 1. The molecule has 2 aliphatic rings. The number of hydrogen-bond donors (Lipinski definition) is 1. The number of aromatic nitrogens is 2. The van der Waals surface area contributed by atoms with Gasteiger partial charge >= 0.3 is 0 Å². The third-order valence-corrected chi connectivity index (χ3v) is 5.06. The number of rotatable bonds is 4. The maximum Gasteiger partial charge on any atom is 0.0654 e. The summed E-state index contributed by atoms with van der Waals surface area (Å²) in [5.74, 6) is 0. The fraction of sp³-hybridized carbons (Fsp3) is 0.800. The van der Waals surface area contributed by atoms with E-state index in [1.165, 1.54) is 31.4 Å². The molecular weight excluding hydrogens is 252 g/mol. The first-order valence-corrected chi connectivity index (χ1v) is 7.88. The number of morpholine rings is 1. The van der Waals surface area contributed by atoms with E-state index in [1.54, 1.807) is 0 Å². The lowest BCUT2D eigenvalue weighted by Gasteiger charge is -2.47. The second-order valence-electron chi connectivity index (χ2n) is 5.96. The van der Waals surface area contributed by atoms with E-state index in [2.05, 4.69) is 23.0 Å². The molecule has 2 heterocycles. The van der Waals surface area contributed by atoms with Gasteiger partial charge in [0.25, 0.3) is 0 Å². The molecule has 1 aromatic rings. The van der Waals surface area contributed by atoms with Crippen LogP contribution in [0, 0.1) is 0 Å². The molecule has 0 bridgehead atoms. The SMILES string of the molecule is CCn1nccc1C(N)C1(N2CCOCC2)CCCC1. The van der Waals surface area contributed by atoms with E-state index in [4.69, 9.17) is 10.5 Å². The lowest BCUT2D eigenvalue weighted by Crippen LogP contribution is -2.57. The number of hydrogen-bond acceptors (Lipinski definition) is 4. The molecule has 1 atom stereocenters. The van der Waals surface area contributed by atoms with Gasteiger partial charge in [0, 0.05) is 31.4 Å². The van der Waals surface area contributed by atoms with Crippen molar-refractivity contribution < 1.29 is 4.74 Å². The molecule has 0 amide bonds. The minimum absolute atomic E-state index is 0.0468. The average molecular weight is 278 g/mol. The van der Waals surface area contributed by atoms with Crippen LogP contribution in [0.25, 0.3) is 0 Å². The van der Waals surface area contributed by atoms with Gasteiger partial charge in [0.05, 0.1) is 24.9 Å². The van der Waals surface area contributed by atoms with Gasteiger partial charge in [-0.25, -0.2) is 0 Å². The third-order valence-electron chi connectivity index (χ3n) is 5.06. The maximum atomic E-state index is 6.74. The van der Waals surface area contributed by atoms with E-state index in [0.29, 0.717) is 0 Å². The highest BCUT2D eigenvalue weighted by Crippen LogP contribution is 2.43. The summed E-state index contributed by atoms with van der Waals surface area (Å²) in [5.41, 5.74) is 8.03. The molecule has 5 heteroatoms. The van der Waals surface area contributed by atoms with E-state index in [1.807, 2.05) is 10.9 Å². The summed E-state index contributed by atoms with van der Waals surface area (Å²) in [6, 6.07) is 2.14. The topological polar surface area (TPSA) is 56.3 Å². The van der Waals surface area contributed by atoms with Gasteiger partial charge < -0.3 is 10.5 Å². The van der Waals surface area contributed by atoms with Crippen molar-refractivity contribution in [2.75, 3.05) is 26.3 Å². The Labute approximate surface area is 121 Å². The monoisotopic (exact) mass is 278 g/mol. The van der Waals surface area contributed by atoms with Crippen LogP contribution in [0.1, 0.15) is 44.3 Å². The minimum Gasteiger partial charge on any atom is -0.379 e. The van der Waals surface area contributed by atoms with Crippen molar-refractivity contribution in [2.24, 2.45) is 5.73 Å². The van der Waals surface area contributed by atoms with E-state index < -0.39 is 0 Å². The van der Waals surface area contributed by atoms with E-state index in [-0.39, 0.29) is 11.6 Å². The average Bonchev–Trinajstić information content (AvgIpc) is 3.17. The quantitative estimate of drug-likeness (QED) is 0.908. The van der Waals surface area contributed by atoms with Crippen molar-refractivity contribution in [2.45, 2.75) is 50.7 Å². The second-order valence-corrected chi connectivity index (χ2v) is 5.96. The van der Waals surface area contributed by atoms with Gasteiger partial charge in [0.2, 0.25) is 0 Å². The minimum atomic E-state index is 0.0468. The summed E-state index contributed by atoms with van der Waals surface area (Å²) in [7, 11) is 0. The van der Waals surface area contributed by atoms with Crippen molar-refractivity contribution in [1.82, 2.24) is 14.7 Å². The van der Waals surface area contributed by atoms with Crippen molar-refractivity contribution in [3.05, 3.63) is 18.0 Å². The summed E-state index contributed by atoms with van der Waals surface area (Å²) in [4.78, 5) is 2.58. The van der Waals surface area contributed by atoms with Crippen LogP contribution in [-0.4, -0.2) is 46.5 Å². The Morgan fingerprint density at radius 3 is 2.70 bits per heavy atom. The zero-order valence-electron chi connectivity index (χ0n) is 12.4. The molecule has 0 aromatic carbocycles. The van der Waals surface area contributed by atoms with Crippen LogP contribution in [-0.2, 0) is 11.3 Å². The number of nitrogens with zero attached hydrogens (tertiary/aromatic N) is 3. The van der Waals surface area contributed by atoms with Gasteiger partial charge in [-0.3, -0.25) is 9.58 Å². The number of ether oxygens (including phenoxy) is 1. The summed E-state index contributed by atoms with van der Waals surface area (Å²) in [6.45, 7) is 6.69. The highest BCUT2D eigenvalue weighted by Gasteiger charge is 2.46. The highest BCUT2D eigenvalue weighted by molar-refractivity contribution is 5.16. The standard InChI is InChI=1S/C15H26N4O/c1-2-19-13(5-8-17-19)14(16)15(6-3-4-7-15)18-9-11-20-12-10-18/h5,8,14H,2-4,6-7,9-12,16H2,1H3. The molecular formula is C15H26N4O. The Morgan fingerprint density at radius 2 is 2.05 bits per heavy atom. The summed E-state index contributed by atoms with van der Waals surface area (Å²) >= 11 is 0. The van der Waals surface area contributed by atoms with Crippen molar-refractivity contribution in [1.29, 1.82) is 0 Å². The van der Waals surface area contributed by atoms with Crippen LogP contribution in [0.15, 0.2) is 12.3 Å². The summed E-state index contributed by atoms with van der Waals surface area (Å²) in [6.07, 6.45) is 6.84. The molecule has 5 nitrogen and oxygen atoms in total. The molecule has 1 saturated carbocycles. The third kappa shape index (κ3) is 2.28. The van der Waals surface area contributed by atoms with Gasteiger partial charge in [0.15, 0.2) is 0 Å². The van der Waals surface area contributed by atoms with Gasteiger partial charge in [-0.15, -0.1) is 0 Å². The normalized spacial score (nSPS) is 24.9. The Balaban J connectivity index is 1.89. The number of aryl methyl sites for hydroxylation is 1. The molecule has 3 rings (SSSR count). The lowest BCUT2D eigenvalue weighted by molar-refractivity contribution is -0.0321. The van der Waals surface area contributed by atoms with Crippen LogP contribution in [0.5, 0.6) is 0 Å². The first-order chi connectivity index (χ1) is 9.78. The Morgan fingerprint density at radius 1 is 1.35 bits per heavy atom. The molecule has 1 unspecified atom stereocenters. The van der Waals surface area contributed by atoms with Crippen molar-refractivity contribution in [3.8, 4) is 0 Å². The Bertz CT molecular complexity index is 433. The van der Waals surface area contributed by atoms with Crippen molar-refractivity contribution >= 4 is 0 Å². The fourth-order valence-corrected chi connectivity index (χ4v) is 3.97. The molecule has 112 valence electrons. The highest BCUT2D eigenvalue weighted by atomic mass is 16.5. The molecule has 2 fully saturated rings. The smallest absolute Gasteiger partial charge is 0.0654 e. The zero-order valence-corrected chi connectivity index (χ0v) is 12.4. The van der Waals surface area contributed by atoms with Crippen LogP contribution >= 0.6 is 0 Å². The first-order valence-electron chi connectivity index (χ1n) is 7.88. The second kappa shape index (κ2) is 5.84. The molecule has 1 aromatic heterocycles. The van der Waals surface area contributed by atoms with E-state index >= 15 is 0 Å². The van der Waals surface area contributed by atoms with Gasteiger partial charge in [-0.2, -0.15) is 5.10 Å². The van der Waals surface area contributed by atoms with Gasteiger partial charge in [-0.05, 0) is 25.8 Å². The summed E-state index contributed by atoms with van der Waals surface area (Å²) in [5, 5.41) is 4.40. The van der Waals surface area contributed by atoms with E-state index in [0.717, 1.165) is 32.8 Å². The van der Waals surface area contributed by atoms with Gasteiger partial charge in [0.1, 0.15) is 0 Å². The van der Waals surface area contributed by atoms with E-state index in [9.17, 15) is 0 Å². The largest absolute Gasteiger partial charge is 0.379 e. The molecule has 1 saturated heterocycles. The Hall–Kier alpha value is -0.910. The first kappa shape index (κ1) is 14.0. The van der Waals surface area contributed by atoms with Crippen LogP contribution in [0.3, 0.4) is 0 Å². The molecule has 1 aliphatic carbocycles. The van der Waals surface area contributed by atoms with Crippen LogP contribution in [0.2, 0.25) is 0 Å². The van der Waals surface area contributed by atoms with Crippen LogP contribution in [0.4, 0.5) is 0 Å². The zero-order chi connectivity index (χ0) is 14.0. The molecule has 2 N–H and O–H groups in total. The predicted molar refractivity (Wildman–Crippen MR) is 78.4 cm³/mol. The molecule has 1 aliphatic heterocycles. The molecule has 0 spiro atoms.